The molecule has 0 atom stereocenters. The van der Waals surface area contributed by atoms with Gasteiger partial charge in [0.1, 0.15) is 0 Å². The summed E-state index contributed by atoms with van der Waals surface area (Å²) in [6, 6.07) is 5.56. The Bertz CT molecular complexity index is 580. The Morgan fingerprint density at radius 3 is 2.70 bits per heavy atom. The number of nitrogens with zero attached hydrogens (tertiary/aromatic N) is 1. The van der Waals surface area contributed by atoms with Gasteiger partial charge in [0.2, 0.25) is 0 Å². The molecule has 1 aromatic carbocycles. The van der Waals surface area contributed by atoms with Crippen molar-refractivity contribution >= 4 is 11.6 Å². The number of fused-ring (bicyclic) bond motifs is 1. The number of hydrogen-bond acceptors (Lipinski definition) is 2. The summed E-state index contributed by atoms with van der Waals surface area (Å²) in [5.74, 6) is -1.13. The van der Waals surface area contributed by atoms with Gasteiger partial charge in [-0.15, -0.1) is 0 Å². The maximum absolute atomic E-state index is 12.7. The average molecular weight is 326 g/mol. The van der Waals surface area contributed by atoms with Crippen LogP contribution in [0.3, 0.4) is 0 Å². The lowest BCUT2D eigenvalue weighted by molar-refractivity contribution is -0.170. The highest BCUT2D eigenvalue weighted by Gasteiger charge is 2.44. The van der Waals surface area contributed by atoms with Gasteiger partial charge in [-0.3, -0.25) is 4.79 Å². The Morgan fingerprint density at radius 2 is 2.00 bits per heavy atom. The van der Waals surface area contributed by atoms with Crippen molar-refractivity contribution in [3.63, 3.8) is 0 Å². The minimum atomic E-state index is -4.82. The summed E-state index contributed by atoms with van der Waals surface area (Å²) in [5.41, 5.74) is 2.45. The molecule has 1 amide bonds. The first kappa shape index (κ1) is 16.3. The molecule has 0 aliphatic carbocycles. The van der Waals surface area contributed by atoms with E-state index in [0.717, 1.165) is 54.8 Å². The largest absolute Gasteiger partial charge is 0.471 e. The fourth-order valence-corrected chi connectivity index (χ4v) is 3.56. The lowest BCUT2D eigenvalue weighted by Gasteiger charge is -2.31. The zero-order valence-electron chi connectivity index (χ0n) is 13.0. The number of halogens is 3. The number of carbonyl (C=O) groups is 1. The van der Waals surface area contributed by atoms with Crippen molar-refractivity contribution in [2.45, 2.75) is 38.3 Å². The van der Waals surface area contributed by atoms with Crippen molar-refractivity contribution in [3.8, 4) is 0 Å². The first-order valence-corrected chi connectivity index (χ1v) is 8.16. The number of amides is 1. The maximum atomic E-state index is 12.7. The van der Waals surface area contributed by atoms with Gasteiger partial charge in [0.15, 0.2) is 0 Å². The quantitative estimate of drug-likeness (QED) is 0.906. The van der Waals surface area contributed by atoms with Gasteiger partial charge >= 0.3 is 12.1 Å². The summed E-state index contributed by atoms with van der Waals surface area (Å²) in [4.78, 5) is 12.5. The van der Waals surface area contributed by atoms with Crippen LogP contribution in [-0.2, 0) is 17.6 Å². The van der Waals surface area contributed by atoms with E-state index in [-0.39, 0.29) is 6.54 Å². The minimum absolute atomic E-state index is 0.138. The minimum Gasteiger partial charge on any atom is -0.317 e. The molecule has 6 heteroatoms. The molecule has 0 radical (unpaired) electrons. The van der Waals surface area contributed by atoms with E-state index in [4.69, 9.17) is 0 Å². The van der Waals surface area contributed by atoms with Crippen molar-refractivity contribution < 1.29 is 18.0 Å². The number of aryl methyl sites for hydroxylation is 1. The van der Waals surface area contributed by atoms with Crippen molar-refractivity contribution in [3.05, 3.63) is 29.3 Å². The van der Waals surface area contributed by atoms with Crippen LogP contribution in [0.5, 0.6) is 0 Å². The smallest absolute Gasteiger partial charge is 0.317 e. The van der Waals surface area contributed by atoms with Gasteiger partial charge in [-0.1, -0.05) is 12.1 Å². The highest BCUT2D eigenvalue weighted by atomic mass is 19.4. The molecule has 3 rings (SSSR count). The fraction of sp³-hybridized carbons (Fsp3) is 0.588. The summed E-state index contributed by atoms with van der Waals surface area (Å²) < 4.78 is 38.2. The van der Waals surface area contributed by atoms with Crippen molar-refractivity contribution in [1.82, 2.24) is 5.32 Å². The SMILES string of the molecule is O=C(N1CCCc2cc(CC3CCNCC3)ccc21)C(F)(F)F. The zero-order valence-corrected chi connectivity index (χ0v) is 13.0. The molecule has 1 N–H and O–H groups in total. The van der Waals surface area contributed by atoms with Crippen LogP contribution in [0.25, 0.3) is 0 Å². The fourth-order valence-electron chi connectivity index (χ4n) is 3.56. The molecule has 0 bridgehead atoms. The van der Waals surface area contributed by atoms with Crippen LogP contribution in [0.1, 0.15) is 30.4 Å². The number of hydrogen-bond donors (Lipinski definition) is 1. The molecule has 3 nitrogen and oxygen atoms in total. The average Bonchev–Trinajstić information content (AvgIpc) is 2.53. The van der Waals surface area contributed by atoms with Crippen LogP contribution in [-0.4, -0.2) is 31.7 Å². The van der Waals surface area contributed by atoms with Crippen LogP contribution in [0.15, 0.2) is 18.2 Å². The van der Waals surface area contributed by atoms with E-state index in [0.29, 0.717) is 18.0 Å². The van der Waals surface area contributed by atoms with E-state index in [1.165, 1.54) is 0 Å². The summed E-state index contributed by atoms with van der Waals surface area (Å²) >= 11 is 0. The molecule has 23 heavy (non-hydrogen) atoms. The van der Waals surface area contributed by atoms with Gasteiger partial charge < -0.3 is 10.2 Å². The standard InChI is InChI=1S/C17H21F3N2O/c18-17(19,20)16(23)22-9-1-2-14-11-13(3-4-15(14)22)10-12-5-7-21-8-6-12/h3-4,11-12,21H,1-2,5-10H2. The van der Waals surface area contributed by atoms with Gasteiger partial charge in [-0.05, 0) is 68.3 Å². The Kier molecular flexibility index (Phi) is 4.62. The summed E-state index contributed by atoms with van der Waals surface area (Å²) in [5, 5.41) is 3.33. The normalized spacial score (nSPS) is 19.5. The van der Waals surface area contributed by atoms with Crippen LogP contribution in [0, 0.1) is 5.92 Å². The third-order valence-electron chi connectivity index (χ3n) is 4.73. The van der Waals surface area contributed by atoms with E-state index in [1.54, 1.807) is 6.07 Å². The topological polar surface area (TPSA) is 32.3 Å². The second-order valence-corrected chi connectivity index (χ2v) is 6.42. The molecule has 0 spiro atoms. The molecular formula is C17H21F3N2O. The molecular weight excluding hydrogens is 305 g/mol. The van der Waals surface area contributed by atoms with E-state index < -0.39 is 12.1 Å². The summed E-state index contributed by atoms with van der Waals surface area (Å²) in [7, 11) is 0. The van der Waals surface area contributed by atoms with Gasteiger partial charge in [-0.2, -0.15) is 13.2 Å². The first-order valence-electron chi connectivity index (χ1n) is 8.16. The number of nitrogens with one attached hydrogen (secondary N) is 1. The predicted octanol–water partition coefficient (Wildman–Crippen LogP) is 3.07. The molecule has 0 aromatic heterocycles. The van der Waals surface area contributed by atoms with Crippen molar-refractivity contribution in [2.24, 2.45) is 5.92 Å². The van der Waals surface area contributed by atoms with Crippen LogP contribution in [0.2, 0.25) is 0 Å². The highest BCUT2D eigenvalue weighted by molar-refractivity contribution is 5.98. The van der Waals surface area contributed by atoms with Crippen LogP contribution in [0.4, 0.5) is 18.9 Å². The molecule has 126 valence electrons. The number of benzene rings is 1. The zero-order chi connectivity index (χ0) is 16.4. The molecule has 1 fully saturated rings. The lowest BCUT2D eigenvalue weighted by Crippen LogP contribution is -2.43. The molecule has 1 saturated heterocycles. The Labute approximate surface area is 133 Å². The molecule has 0 saturated carbocycles. The predicted molar refractivity (Wildman–Crippen MR) is 82.5 cm³/mol. The number of piperidine rings is 1. The third-order valence-corrected chi connectivity index (χ3v) is 4.73. The van der Waals surface area contributed by atoms with Crippen LogP contribution >= 0.6 is 0 Å². The van der Waals surface area contributed by atoms with Gasteiger partial charge in [-0.25, -0.2) is 0 Å². The molecule has 0 unspecified atom stereocenters. The van der Waals surface area contributed by atoms with E-state index >= 15 is 0 Å². The summed E-state index contributed by atoms with van der Waals surface area (Å²) in [6.07, 6.45) is -0.279. The Balaban J connectivity index is 1.78. The number of rotatable bonds is 2. The second kappa shape index (κ2) is 6.51. The Hall–Kier alpha value is -1.56. The molecule has 1 aromatic rings. The number of carbonyl (C=O) groups excluding carboxylic acids is 1. The first-order chi connectivity index (χ1) is 10.9. The van der Waals surface area contributed by atoms with E-state index in [2.05, 4.69) is 5.32 Å². The Morgan fingerprint density at radius 1 is 1.26 bits per heavy atom. The molecule has 2 heterocycles. The second-order valence-electron chi connectivity index (χ2n) is 6.42. The van der Waals surface area contributed by atoms with Gasteiger partial charge in [0, 0.05) is 12.2 Å². The van der Waals surface area contributed by atoms with Gasteiger partial charge in [0.05, 0.1) is 0 Å². The number of alkyl halides is 3. The van der Waals surface area contributed by atoms with Crippen molar-refractivity contribution in [1.29, 1.82) is 0 Å². The maximum Gasteiger partial charge on any atom is 0.471 e. The molecule has 2 aliphatic rings. The summed E-state index contributed by atoms with van der Waals surface area (Å²) in [6.45, 7) is 2.20. The van der Waals surface area contributed by atoms with E-state index in [9.17, 15) is 18.0 Å². The van der Waals surface area contributed by atoms with E-state index in [1.807, 2.05) is 12.1 Å². The monoisotopic (exact) mass is 326 g/mol. The van der Waals surface area contributed by atoms with Crippen molar-refractivity contribution in [2.75, 3.05) is 24.5 Å². The number of anilines is 1. The highest BCUT2D eigenvalue weighted by Crippen LogP contribution is 2.32. The van der Waals surface area contributed by atoms with Gasteiger partial charge in [0.25, 0.3) is 0 Å². The van der Waals surface area contributed by atoms with Crippen LogP contribution < -0.4 is 10.2 Å². The lowest BCUT2D eigenvalue weighted by atomic mass is 9.89. The molecule has 2 aliphatic heterocycles. The third kappa shape index (κ3) is 3.68.